The van der Waals surface area contributed by atoms with Crippen LogP contribution in [0.1, 0.15) is 30.3 Å². The Morgan fingerprint density at radius 1 is 1.43 bits per heavy atom. The van der Waals surface area contributed by atoms with E-state index in [9.17, 15) is 4.79 Å². The number of nitrogens with two attached hydrogens (primary N) is 1. The number of aromatic nitrogens is 1. The second kappa shape index (κ2) is 6.77. The van der Waals surface area contributed by atoms with Gasteiger partial charge in [-0.2, -0.15) is 0 Å². The van der Waals surface area contributed by atoms with Crippen molar-refractivity contribution in [3.05, 3.63) is 39.3 Å². The SMILES string of the molecule is C[C@H]1C[C@@H](N)CCN1C(=O)c1csc(-c2ccc(Cl)cc2Cl)n1. The molecule has 0 spiro atoms. The maximum Gasteiger partial charge on any atom is 0.273 e. The van der Waals surface area contributed by atoms with Crippen molar-refractivity contribution in [2.75, 3.05) is 6.54 Å². The standard InChI is InChI=1S/C16H17Cl2N3OS/c1-9-6-11(19)4-5-21(9)16(22)14-8-23-15(20-14)12-3-2-10(17)7-13(12)18/h2-3,7-9,11H,4-6,19H2,1H3/t9-,11-/m0/s1. The molecule has 1 amide bonds. The molecule has 0 unspecified atom stereocenters. The van der Waals surface area contributed by atoms with Gasteiger partial charge < -0.3 is 10.6 Å². The third kappa shape index (κ3) is 3.53. The lowest BCUT2D eigenvalue weighted by Gasteiger charge is -2.35. The van der Waals surface area contributed by atoms with Crippen molar-refractivity contribution >= 4 is 40.4 Å². The van der Waals surface area contributed by atoms with Gasteiger partial charge >= 0.3 is 0 Å². The predicted molar refractivity (Wildman–Crippen MR) is 95.3 cm³/mol. The minimum Gasteiger partial charge on any atom is -0.334 e. The molecule has 1 aliphatic heterocycles. The number of carbonyl (C=O) groups excluding carboxylic acids is 1. The van der Waals surface area contributed by atoms with E-state index in [4.69, 9.17) is 28.9 Å². The fourth-order valence-electron chi connectivity index (χ4n) is 2.82. The number of nitrogens with zero attached hydrogens (tertiary/aromatic N) is 2. The minimum atomic E-state index is -0.0445. The average molecular weight is 370 g/mol. The van der Waals surface area contributed by atoms with Crippen molar-refractivity contribution in [2.24, 2.45) is 5.73 Å². The molecule has 0 radical (unpaired) electrons. The van der Waals surface area contributed by atoms with E-state index in [1.165, 1.54) is 11.3 Å². The van der Waals surface area contributed by atoms with Crippen LogP contribution in [-0.2, 0) is 0 Å². The van der Waals surface area contributed by atoms with Gasteiger partial charge in [-0.15, -0.1) is 11.3 Å². The lowest BCUT2D eigenvalue weighted by molar-refractivity contribution is 0.0614. The van der Waals surface area contributed by atoms with Gasteiger partial charge in [0.1, 0.15) is 10.7 Å². The first-order valence-electron chi connectivity index (χ1n) is 7.43. The second-order valence-corrected chi connectivity index (χ2v) is 7.50. The van der Waals surface area contributed by atoms with Gasteiger partial charge in [-0.25, -0.2) is 4.98 Å². The fourth-order valence-corrected chi connectivity index (χ4v) is 4.20. The van der Waals surface area contributed by atoms with Crippen LogP contribution in [0.5, 0.6) is 0 Å². The number of amides is 1. The van der Waals surface area contributed by atoms with E-state index in [2.05, 4.69) is 4.98 Å². The second-order valence-electron chi connectivity index (χ2n) is 5.79. The van der Waals surface area contributed by atoms with Gasteiger partial charge in [-0.05, 0) is 38.0 Å². The number of thiazole rings is 1. The third-order valence-corrected chi connectivity index (χ3v) is 5.49. The Morgan fingerprint density at radius 3 is 2.91 bits per heavy atom. The lowest BCUT2D eigenvalue weighted by atomic mass is 9.99. The number of hydrogen-bond donors (Lipinski definition) is 1. The summed E-state index contributed by atoms with van der Waals surface area (Å²) in [6.07, 6.45) is 1.65. The number of hydrogen-bond acceptors (Lipinski definition) is 4. The quantitative estimate of drug-likeness (QED) is 0.867. The van der Waals surface area contributed by atoms with Crippen LogP contribution in [0, 0.1) is 0 Å². The van der Waals surface area contributed by atoms with Gasteiger partial charge in [0.25, 0.3) is 5.91 Å². The van der Waals surface area contributed by atoms with Crippen LogP contribution in [0.3, 0.4) is 0 Å². The van der Waals surface area contributed by atoms with Crippen LogP contribution in [0.2, 0.25) is 10.0 Å². The van der Waals surface area contributed by atoms with Crippen LogP contribution in [0.25, 0.3) is 10.6 Å². The van der Waals surface area contributed by atoms with Gasteiger partial charge in [0, 0.05) is 34.6 Å². The molecular weight excluding hydrogens is 353 g/mol. The van der Waals surface area contributed by atoms with Crippen LogP contribution in [-0.4, -0.2) is 34.4 Å². The summed E-state index contributed by atoms with van der Waals surface area (Å²) in [7, 11) is 0. The van der Waals surface area contributed by atoms with Crippen LogP contribution in [0.4, 0.5) is 0 Å². The molecule has 1 aromatic heterocycles. The molecule has 2 heterocycles. The van der Waals surface area contributed by atoms with Crippen molar-refractivity contribution in [3.63, 3.8) is 0 Å². The number of carbonyl (C=O) groups is 1. The molecule has 3 rings (SSSR count). The minimum absolute atomic E-state index is 0.0445. The number of benzene rings is 1. The van der Waals surface area contributed by atoms with E-state index in [0.717, 1.165) is 23.4 Å². The summed E-state index contributed by atoms with van der Waals surface area (Å²) in [6, 6.07) is 5.57. The smallest absolute Gasteiger partial charge is 0.273 e. The van der Waals surface area contributed by atoms with Crippen LogP contribution < -0.4 is 5.73 Å². The number of likely N-dealkylation sites (tertiary alicyclic amines) is 1. The summed E-state index contributed by atoms with van der Waals surface area (Å²) >= 11 is 13.5. The summed E-state index contributed by atoms with van der Waals surface area (Å²) in [4.78, 5) is 19.0. The Balaban J connectivity index is 1.82. The molecule has 1 aliphatic rings. The van der Waals surface area contributed by atoms with Gasteiger partial charge in [0.15, 0.2) is 0 Å². The molecule has 2 atom stereocenters. The molecule has 2 aromatic rings. The first-order valence-corrected chi connectivity index (χ1v) is 9.06. The van der Waals surface area contributed by atoms with E-state index in [1.54, 1.807) is 17.5 Å². The van der Waals surface area contributed by atoms with Crippen LogP contribution in [0.15, 0.2) is 23.6 Å². The van der Waals surface area contributed by atoms with Gasteiger partial charge in [-0.1, -0.05) is 23.2 Å². The van der Waals surface area contributed by atoms with Crippen molar-refractivity contribution in [2.45, 2.75) is 31.8 Å². The number of rotatable bonds is 2. The van der Waals surface area contributed by atoms with Crippen molar-refractivity contribution in [3.8, 4) is 10.6 Å². The van der Waals surface area contributed by atoms with E-state index in [1.807, 2.05) is 17.9 Å². The van der Waals surface area contributed by atoms with E-state index >= 15 is 0 Å². The van der Waals surface area contributed by atoms with Gasteiger partial charge in [0.2, 0.25) is 0 Å². The molecular formula is C16H17Cl2N3OS. The zero-order chi connectivity index (χ0) is 16.6. The molecule has 122 valence electrons. The number of piperidine rings is 1. The zero-order valence-corrected chi connectivity index (χ0v) is 15.0. The van der Waals surface area contributed by atoms with E-state index in [0.29, 0.717) is 22.3 Å². The van der Waals surface area contributed by atoms with Crippen molar-refractivity contribution in [1.82, 2.24) is 9.88 Å². The highest BCUT2D eigenvalue weighted by Gasteiger charge is 2.29. The Hall–Kier alpha value is -1.14. The Kier molecular flexibility index (Phi) is 4.92. The molecule has 0 aliphatic carbocycles. The highest BCUT2D eigenvalue weighted by Crippen LogP contribution is 2.33. The molecule has 7 heteroatoms. The molecule has 1 fully saturated rings. The van der Waals surface area contributed by atoms with Crippen molar-refractivity contribution in [1.29, 1.82) is 0 Å². The maximum atomic E-state index is 12.7. The summed E-state index contributed by atoms with van der Waals surface area (Å²) in [6.45, 7) is 2.70. The molecule has 0 bridgehead atoms. The topological polar surface area (TPSA) is 59.2 Å². The largest absolute Gasteiger partial charge is 0.334 e. The van der Waals surface area contributed by atoms with Crippen molar-refractivity contribution < 1.29 is 4.79 Å². The zero-order valence-electron chi connectivity index (χ0n) is 12.6. The maximum absolute atomic E-state index is 12.7. The lowest BCUT2D eigenvalue weighted by Crippen LogP contribution is -2.48. The Morgan fingerprint density at radius 2 is 2.22 bits per heavy atom. The Labute approximate surface area is 149 Å². The molecule has 2 N–H and O–H groups in total. The molecule has 23 heavy (non-hydrogen) atoms. The molecule has 1 aromatic carbocycles. The van der Waals surface area contributed by atoms with E-state index in [-0.39, 0.29) is 18.0 Å². The van der Waals surface area contributed by atoms with E-state index < -0.39 is 0 Å². The third-order valence-electron chi connectivity index (χ3n) is 4.06. The van der Waals surface area contributed by atoms with Crippen LogP contribution >= 0.6 is 34.5 Å². The first-order chi connectivity index (χ1) is 11.0. The normalized spacial score (nSPS) is 21.5. The highest BCUT2D eigenvalue weighted by atomic mass is 35.5. The molecule has 1 saturated heterocycles. The number of halogens is 2. The molecule has 0 saturated carbocycles. The average Bonchev–Trinajstić information content (AvgIpc) is 2.96. The van der Waals surface area contributed by atoms with Gasteiger partial charge in [0.05, 0.1) is 5.02 Å². The Bertz CT molecular complexity index is 734. The summed E-state index contributed by atoms with van der Waals surface area (Å²) < 4.78 is 0. The summed E-state index contributed by atoms with van der Waals surface area (Å²) in [5, 5.41) is 3.61. The monoisotopic (exact) mass is 369 g/mol. The fraction of sp³-hybridized carbons (Fsp3) is 0.375. The first kappa shape index (κ1) is 16.7. The van der Waals surface area contributed by atoms with Gasteiger partial charge in [-0.3, -0.25) is 4.79 Å². The summed E-state index contributed by atoms with van der Waals surface area (Å²) in [5.41, 5.74) is 7.20. The highest BCUT2D eigenvalue weighted by molar-refractivity contribution is 7.13. The summed E-state index contributed by atoms with van der Waals surface area (Å²) in [5.74, 6) is -0.0445. The predicted octanol–water partition coefficient (Wildman–Crippen LogP) is 4.07. The molecule has 4 nitrogen and oxygen atoms in total.